The molecule has 1 aliphatic heterocycles. The Labute approximate surface area is 223 Å². The fraction of sp³-hybridized carbons (Fsp3) is 0.682. The van der Waals surface area contributed by atoms with Gasteiger partial charge in [0.1, 0.15) is 24.2 Å². The predicted octanol–water partition coefficient (Wildman–Crippen LogP) is -4.09. The van der Waals surface area contributed by atoms with Crippen LogP contribution in [-0.4, -0.2) is 117 Å². The number of aliphatic carboxylic acids is 3. The average molecular weight is 561 g/mol. The van der Waals surface area contributed by atoms with Crippen molar-refractivity contribution in [2.45, 2.75) is 75.2 Å². The molecule has 0 aromatic carbocycles. The van der Waals surface area contributed by atoms with Crippen molar-refractivity contribution in [1.29, 1.82) is 0 Å². The van der Waals surface area contributed by atoms with Gasteiger partial charge in [-0.3, -0.25) is 28.8 Å². The minimum atomic E-state index is -1.76. The lowest BCUT2D eigenvalue weighted by molar-refractivity contribution is -0.149. The van der Waals surface area contributed by atoms with Crippen molar-refractivity contribution in [1.82, 2.24) is 20.9 Å². The maximum absolute atomic E-state index is 13.2. The third kappa shape index (κ3) is 10.8. The van der Waals surface area contributed by atoms with E-state index in [2.05, 4.69) is 10.6 Å². The summed E-state index contributed by atoms with van der Waals surface area (Å²) in [4.78, 5) is 85.6. The summed E-state index contributed by atoms with van der Waals surface area (Å²) in [7, 11) is 0. The fourth-order valence-corrected chi connectivity index (χ4v) is 3.92. The number of hydrogen-bond acceptors (Lipinski definition) is 10. The van der Waals surface area contributed by atoms with Gasteiger partial charge in [0, 0.05) is 6.54 Å². The van der Waals surface area contributed by atoms with Crippen molar-refractivity contribution in [3.8, 4) is 0 Å². The monoisotopic (exact) mass is 560 g/mol. The van der Waals surface area contributed by atoms with Gasteiger partial charge in [0.2, 0.25) is 23.6 Å². The zero-order valence-corrected chi connectivity index (χ0v) is 21.2. The highest BCUT2D eigenvalue weighted by molar-refractivity contribution is 5.97. The maximum Gasteiger partial charge on any atom is 0.326 e. The number of aliphatic hydroxyl groups is 1. The summed E-state index contributed by atoms with van der Waals surface area (Å²) in [6.45, 7) is -0.556. The molecule has 1 rings (SSSR count). The summed E-state index contributed by atoms with van der Waals surface area (Å²) >= 11 is 0. The van der Waals surface area contributed by atoms with Crippen molar-refractivity contribution in [3.05, 3.63) is 0 Å². The Kier molecular flexibility index (Phi) is 13.8. The highest BCUT2D eigenvalue weighted by Gasteiger charge is 2.38. The Morgan fingerprint density at radius 3 is 1.92 bits per heavy atom. The van der Waals surface area contributed by atoms with Crippen LogP contribution in [0.15, 0.2) is 0 Å². The molecule has 1 aliphatic rings. The van der Waals surface area contributed by atoms with E-state index >= 15 is 0 Å². The summed E-state index contributed by atoms with van der Waals surface area (Å²) in [6.07, 6.45) is -0.110. The zero-order chi connectivity index (χ0) is 29.7. The molecule has 0 aromatic heterocycles. The van der Waals surface area contributed by atoms with Crippen molar-refractivity contribution in [3.63, 3.8) is 0 Å². The quantitative estimate of drug-likeness (QED) is 0.0765. The second kappa shape index (κ2) is 16.2. The lowest BCUT2D eigenvalue weighted by atomic mass is 10.1. The molecule has 0 radical (unpaired) electrons. The molecule has 1 heterocycles. The lowest BCUT2D eigenvalue weighted by Crippen LogP contribution is -2.59. The van der Waals surface area contributed by atoms with Gasteiger partial charge in [-0.15, -0.1) is 0 Å². The summed E-state index contributed by atoms with van der Waals surface area (Å²) in [5, 5.41) is 43.4. The molecule has 0 spiro atoms. The van der Waals surface area contributed by atoms with Gasteiger partial charge in [0.15, 0.2) is 0 Å². The third-order valence-electron chi connectivity index (χ3n) is 5.94. The van der Waals surface area contributed by atoms with Gasteiger partial charge in [-0.1, -0.05) is 0 Å². The van der Waals surface area contributed by atoms with Crippen LogP contribution in [0.25, 0.3) is 0 Å². The van der Waals surface area contributed by atoms with Gasteiger partial charge in [0.25, 0.3) is 0 Å². The smallest absolute Gasteiger partial charge is 0.326 e. The lowest BCUT2D eigenvalue weighted by Gasteiger charge is -2.29. The van der Waals surface area contributed by atoms with E-state index < -0.39 is 91.2 Å². The Hall–Kier alpha value is -3.83. The molecule has 1 fully saturated rings. The molecule has 17 nitrogen and oxygen atoms in total. The van der Waals surface area contributed by atoms with E-state index in [4.69, 9.17) is 16.6 Å². The van der Waals surface area contributed by atoms with E-state index in [0.29, 0.717) is 25.8 Å². The highest BCUT2D eigenvalue weighted by Crippen LogP contribution is 2.20. The number of carboxylic acid groups (broad SMARTS) is 3. The van der Waals surface area contributed by atoms with Crippen molar-refractivity contribution >= 4 is 41.5 Å². The number of amides is 4. The van der Waals surface area contributed by atoms with Gasteiger partial charge in [-0.25, -0.2) is 4.79 Å². The van der Waals surface area contributed by atoms with Crippen LogP contribution in [0, 0.1) is 0 Å². The number of carboxylic acids is 3. The summed E-state index contributed by atoms with van der Waals surface area (Å²) in [5.41, 5.74) is 10.9. The normalized spacial score (nSPS) is 17.8. The first-order valence-corrected chi connectivity index (χ1v) is 12.3. The summed E-state index contributed by atoms with van der Waals surface area (Å²) in [6, 6.07) is -7.33. The first-order valence-electron chi connectivity index (χ1n) is 12.3. The minimum absolute atomic E-state index is 0.0646. The molecule has 0 bridgehead atoms. The second-order valence-electron chi connectivity index (χ2n) is 8.98. The van der Waals surface area contributed by atoms with Crippen molar-refractivity contribution in [2.75, 3.05) is 19.7 Å². The van der Waals surface area contributed by atoms with Gasteiger partial charge >= 0.3 is 17.9 Å². The highest BCUT2D eigenvalue weighted by atomic mass is 16.4. The van der Waals surface area contributed by atoms with Crippen LogP contribution in [0.5, 0.6) is 0 Å². The molecule has 17 heteroatoms. The van der Waals surface area contributed by atoms with Crippen LogP contribution >= 0.6 is 0 Å². The van der Waals surface area contributed by atoms with Crippen LogP contribution in [0.4, 0.5) is 0 Å². The molecule has 220 valence electrons. The zero-order valence-electron chi connectivity index (χ0n) is 21.2. The number of carbonyl (C=O) groups is 7. The molecule has 0 aromatic rings. The average Bonchev–Trinajstić information content (AvgIpc) is 3.35. The third-order valence-corrected chi connectivity index (χ3v) is 5.94. The van der Waals surface area contributed by atoms with E-state index in [1.807, 2.05) is 5.32 Å². The molecule has 4 amide bonds. The van der Waals surface area contributed by atoms with Gasteiger partial charge in [0.05, 0.1) is 25.5 Å². The molecule has 0 saturated carbocycles. The Morgan fingerprint density at radius 2 is 1.38 bits per heavy atom. The molecule has 0 aliphatic carbocycles. The Bertz CT molecular complexity index is 930. The van der Waals surface area contributed by atoms with Gasteiger partial charge < -0.3 is 52.7 Å². The van der Waals surface area contributed by atoms with Crippen molar-refractivity contribution < 1.29 is 54.0 Å². The van der Waals surface area contributed by atoms with E-state index in [1.54, 1.807) is 0 Å². The largest absolute Gasteiger partial charge is 0.481 e. The number of nitrogens with zero attached hydrogens (tertiary/aromatic N) is 1. The minimum Gasteiger partial charge on any atom is -0.481 e. The SMILES string of the molecule is NCCCC[C@H](NC(=O)[C@H](CC(=O)O)NC(=O)[C@H](CO)NC(=O)[C@@H](N)CC(=O)O)C(=O)N1CCC[C@H]1C(=O)O. The predicted molar refractivity (Wildman–Crippen MR) is 131 cm³/mol. The van der Waals surface area contributed by atoms with Crippen LogP contribution in [-0.2, 0) is 33.6 Å². The number of nitrogens with one attached hydrogen (secondary N) is 3. The molecule has 5 atom stereocenters. The van der Waals surface area contributed by atoms with Gasteiger partial charge in [-0.05, 0) is 38.6 Å². The topological polar surface area (TPSA) is 292 Å². The molecular formula is C22H36N6O11. The standard InChI is InChI=1S/C22H36N6O11/c23-6-2-1-4-12(21(37)28-7-3-5-15(28)22(38)39)25-19(35)13(9-17(32)33)26-20(36)14(10-29)27-18(34)11(24)8-16(30)31/h11-15,29H,1-10,23-24H2,(H,25,35)(H,26,36)(H,27,34)(H,30,31)(H,32,33)(H,38,39)/t11-,12-,13-,14-,15-/m0/s1. The molecular weight excluding hydrogens is 524 g/mol. The van der Waals surface area contributed by atoms with E-state index in [0.717, 1.165) is 4.90 Å². The number of carbonyl (C=O) groups excluding carboxylic acids is 4. The van der Waals surface area contributed by atoms with E-state index in [1.165, 1.54) is 0 Å². The van der Waals surface area contributed by atoms with Crippen molar-refractivity contribution in [2.24, 2.45) is 11.5 Å². The van der Waals surface area contributed by atoms with Crippen LogP contribution in [0.2, 0.25) is 0 Å². The number of aliphatic hydroxyl groups excluding tert-OH is 1. The van der Waals surface area contributed by atoms with Crippen LogP contribution in [0.3, 0.4) is 0 Å². The summed E-state index contributed by atoms with van der Waals surface area (Å²) in [5.74, 6) is -8.11. The number of unbranched alkanes of at least 4 members (excludes halogenated alkanes) is 1. The Balaban J connectivity index is 3.04. The first kappa shape index (κ1) is 33.2. The Morgan fingerprint density at radius 1 is 0.821 bits per heavy atom. The summed E-state index contributed by atoms with van der Waals surface area (Å²) < 4.78 is 0. The number of nitrogens with two attached hydrogens (primary N) is 2. The van der Waals surface area contributed by atoms with E-state index in [-0.39, 0.29) is 19.4 Å². The van der Waals surface area contributed by atoms with Gasteiger partial charge in [-0.2, -0.15) is 0 Å². The second-order valence-corrected chi connectivity index (χ2v) is 8.98. The van der Waals surface area contributed by atoms with Crippen LogP contribution in [0.1, 0.15) is 44.9 Å². The molecule has 1 saturated heterocycles. The number of likely N-dealkylation sites (tertiary alicyclic amines) is 1. The van der Waals surface area contributed by atoms with E-state index in [9.17, 15) is 48.9 Å². The first-order chi connectivity index (χ1) is 18.3. The molecule has 0 unspecified atom stereocenters. The molecule has 11 N–H and O–H groups in total. The fourth-order valence-electron chi connectivity index (χ4n) is 3.92. The molecule has 39 heavy (non-hydrogen) atoms. The number of rotatable bonds is 17. The maximum atomic E-state index is 13.2. The van der Waals surface area contributed by atoms with Crippen LogP contribution < -0.4 is 27.4 Å². The number of hydrogen-bond donors (Lipinski definition) is 9.